The minimum absolute atomic E-state index is 0.904. The maximum Gasteiger partial charge on any atom is 0.0466 e. The zero-order chi connectivity index (χ0) is 9.10. The Bertz CT molecular complexity index is 468. The van der Waals surface area contributed by atoms with E-state index in [0.29, 0.717) is 0 Å². The lowest BCUT2D eigenvalue weighted by atomic mass is 10.1. The molecule has 0 radical (unpaired) electrons. The second-order valence-electron chi connectivity index (χ2n) is 2.90. The number of H-pyrrole nitrogens is 1. The van der Waals surface area contributed by atoms with Crippen LogP contribution in [-0.4, -0.2) is 4.98 Å². The van der Waals surface area contributed by atoms with Crippen LogP contribution >= 0.6 is 0 Å². The van der Waals surface area contributed by atoms with Crippen molar-refractivity contribution in [3.8, 4) is 11.8 Å². The van der Waals surface area contributed by atoms with Crippen LogP contribution in [0.2, 0.25) is 0 Å². The van der Waals surface area contributed by atoms with Gasteiger partial charge in [-0.25, -0.2) is 0 Å². The van der Waals surface area contributed by atoms with Gasteiger partial charge in [0.15, 0.2) is 0 Å². The summed E-state index contributed by atoms with van der Waals surface area (Å²) < 4.78 is 0. The van der Waals surface area contributed by atoms with Crippen molar-refractivity contribution >= 4 is 10.9 Å². The molecule has 0 aliphatic rings. The number of aromatic amines is 1. The Morgan fingerprint density at radius 3 is 3.08 bits per heavy atom. The number of benzene rings is 1. The monoisotopic (exact) mass is 169 g/mol. The highest BCUT2D eigenvalue weighted by Crippen LogP contribution is 2.15. The van der Waals surface area contributed by atoms with Crippen molar-refractivity contribution < 1.29 is 0 Å². The van der Waals surface area contributed by atoms with Gasteiger partial charge in [0.2, 0.25) is 0 Å². The molecule has 64 valence electrons. The smallest absolute Gasteiger partial charge is 0.0466 e. The van der Waals surface area contributed by atoms with Crippen LogP contribution in [-0.2, 0) is 0 Å². The Morgan fingerprint density at radius 2 is 2.23 bits per heavy atom. The third kappa shape index (κ3) is 1.43. The molecular weight excluding hydrogens is 158 g/mol. The zero-order valence-electron chi connectivity index (χ0n) is 7.59. The maximum atomic E-state index is 3.17. The van der Waals surface area contributed by atoms with Crippen LogP contribution in [0.25, 0.3) is 10.9 Å². The Labute approximate surface area is 77.8 Å². The normalized spacial score (nSPS) is 9.62. The molecular formula is C12H11N. The van der Waals surface area contributed by atoms with Crippen LogP contribution in [0.3, 0.4) is 0 Å². The summed E-state index contributed by atoms with van der Waals surface area (Å²) in [5.41, 5.74) is 2.27. The molecule has 1 heterocycles. The van der Waals surface area contributed by atoms with Crippen molar-refractivity contribution in [2.24, 2.45) is 0 Å². The minimum atomic E-state index is 0.904. The Morgan fingerprint density at radius 1 is 1.31 bits per heavy atom. The molecule has 0 unspecified atom stereocenters. The molecule has 13 heavy (non-hydrogen) atoms. The van der Waals surface area contributed by atoms with Gasteiger partial charge in [-0.1, -0.05) is 24.8 Å². The van der Waals surface area contributed by atoms with Crippen LogP contribution in [0.5, 0.6) is 0 Å². The molecule has 1 aromatic carbocycles. The van der Waals surface area contributed by atoms with Crippen LogP contribution < -0.4 is 0 Å². The summed E-state index contributed by atoms with van der Waals surface area (Å²) in [6.45, 7) is 2.06. The molecule has 2 aromatic rings. The van der Waals surface area contributed by atoms with Crippen LogP contribution in [0.4, 0.5) is 0 Å². The molecule has 1 heteroatoms. The van der Waals surface area contributed by atoms with Gasteiger partial charge in [0, 0.05) is 29.1 Å². The maximum absolute atomic E-state index is 3.17. The van der Waals surface area contributed by atoms with Gasteiger partial charge in [0.1, 0.15) is 0 Å². The van der Waals surface area contributed by atoms with E-state index >= 15 is 0 Å². The molecule has 0 bridgehead atoms. The SMILES string of the molecule is CCC#Cc1cccc2[nH]ccc12. The molecule has 2 rings (SSSR count). The molecule has 1 N–H and O–H groups in total. The number of hydrogen-bond acceptors (Lipinski definition) is 0. The fourth-order valence-electron chi connectivity index (χ4n) is 1.38. The quantitative estimate of drug-likeness (QED) is 0.583. The second kappa shape index (κ2) is 3.37. The summed E-state index contributed by atoms with van der Waals surface area (Å²) in [5.74, 6) is 6.24. The van der Waals surface area contributed by atoms with Crippen molar-refractivity contribution in [1.82, 2.24) is 4.98 Å². The molecule has 0 saturated carbocycles. The topological polar surface area (TPSA) is 15.8 Å². The lowest BCUT2D eigenvalue weighted by Crippen LogP contribution is -1.75. The molecule has 0 spiro atoms. The largest absolute Gasteiger partial charge is 0.361 e. The molecule has 0 saturated heterocycles. The van der Waals surface area contributed by atoms with E-state index in [0.717, 1.165) is 17.5 Å². The first-order valence-electron chi connectivity index (χ1n) is 4.47. The van der Waals surface area contributed by atoms with E-state index in [1.54, 1.807) is 0 Å². The lowest BCUT2D eigenvalue weighted by molar-refractivity contribution is 1.28. The van der Waals surface area contributed by atoms with E-state index in [2.05, 4.69) is 41.9 Å². The number of hydrogen-bond donors (Lipinski definition) is 1. The van der Waals surface area contributed by atoms with Crippen molar-refractivity contribution in [2.75, 3.05) is 0 Å². The van der Waals surface area contributed by atoms with E-state index in [1.165, 1.54) is 5.39 Å². The average Bonchev–Trinajstić information content (AvgIpc) is 2.62. The lowest BCUT2D eigenvalue weighted by Gasteiger charge is -1.92. The van der Waals surface area contributed by atoms with Gasteiger partial charge in [0.25, 0.3) is 0 Å². The van der Waals surface area contributed by atoms with Gasteiger partial charge >= 0.3 is 0 Å². The molecule has 1 aromatic heterocycles. The minimum Gasteiger partial charge on any atom is -0.361 e. The molecule has 0 aliphatic carbocycles. The average molecular weight is 169 g/mol. The summed E-state index contributed by atoms with van der Waals surface area (Å²) in [4.78, 5) is 3.17. The van der Waals surface area contributed by atoms with E-state index in [9.17, 15) is 0 Å². The fourth-order valence-corrected chi connectivity index (χ4v) is 1.38. The number of aromatic nitrogens is 1. The predicted octanol–water partition coefficient (Wildman–Crippen LogP) is 2.93. The summed E-state index contributed by atoms with van der Waals surface area (Å²) in [6.07, 6.45) is 2.85. The summed E-state index contributed by atoms with van der Waals surface area (Å²) in [7, 11) is 0. The Kier molecular flexibility index (Phi) is 2.06. The highest BCUT2D eigenvalue weighted by molar-refractivity contribution is 5.85. The first kappa shape index (κ1) is 7.94. The number of nitrogens with one attached hydrogen (secondary N) is 1. The Balaban J connectivity index is 2.61. The second-order valence-corrected chi connectivity index (χ2v) is 2.90. The molecule has 0 fully saturated rings. The first-order valence-corrected chi connectivity index (χ1v) is 4.47. The van der Waals surface area contributed by atoms with Gasteiger partial charge in [0.05, 0.1) is 0 Å². The van der Waals surface area contributed by atoms with Gasteiger partial charge in [-0.05, 0) is 18.2 Å². The van der Waals surface area contributed by atoms with Crippen molar-refractivity contribution in [1.29, 1.82) is 0 Å². The van der Waals surface area contributed by atoms with Crippen molar-refractivity contribution in [3.05, 3.63) is 36.0 Å². The molecule has 0 atom stereocenters. The molecule has 0 aliphatic heterocycles. The Hall–Kier alpha value is -1.68. The molecule has 1 nitrogen and oxygen atoms in total. The van der Waals surface area contributed by atoms with Crippen LogP contribution in [0, 0.1) is 11.8 Å². The fraction of sp³-hybridized carbons (Fsp3) is 0.167. The third-order valence-electron chi connectivity index (χ3n) is 1.99. The number of fused-ring (bicyclic) bond motifs is 1. The highest BCUT2D eigenvalue weighted by atomic mass is 14.7. The van der Waals surface area contributed by atoms with E-state index in [4.69, 9.17) is 0 Å². The first-order chi connectivity index (χ1) is 6.42. The highest BCUT2D eigenvalue weighted by Gasteiger charge is 1.96. The van der Waals surface area contributed by atoms with Gasteiger partial charge in [-0.2, -0.15) is 0 Å². The summed E-state index contributed by atoms with van der Waals surface area (Å²) >= 11 is 0. The third-order valence-corrected chi connectivity index (χ3v) is 1.99. The predicted molar refractivity (Wildman–Crippen MR) is 55.5 cm³/mol. The van der Waals surface area contributed by atoms with E-state index in [-0.39, 0.29) is 0 Å². The van der Waals surface area contributed by atoms with Crippen LogP contribution in [0.1, 0.15) is 18.9 Å². The van der Waals surface area contributed by atoms with Crippen LogP contribution in [0.15, 0.2) is 30.5 Å². The van der Waals surface area contributed by atoms with E-state index in [1.807, 2.05) is 12.3 Å². The van der Waals surface area contributed by atoms with Gasteiger partial charge in [-0.15, -0.1) is 0 Å². The van der Waals surface area contributed by atoms with E-state index < -0.39 is 0 Å². The molecule has 0 amide bonds. The van der Waals surface area contributed by atoms with Crippen molar-refractivity contribution in [3.63, 3.8) is 0 Å². The standard InChI is InChI=1S/C12H11N/c1-2-3-5-10-6-4-7-12-11(10)8-9-13-12/h4,6-9,13H,2H2,1H3. The van der Waals surface area contributed by atoms with Gasteiger partial charge in [-0.3, -0.25) is 0 Å². The number of rotatable bonds is 0. The summed E-state index contributed by atoms with van der Waals surface area (Å²) in [6, 6.07) is 8.21. The zero-order valence-corrected chi connectivity index (χ0v) is 7.59. The summed E-state index contributed by atoms with van der Waals surface area (Å²) in [5, 5.41) is 1.21. The van der Waals surface area contributed by atoms with Crippen molar-refractivity contribution in [2.45, 2.75) is 13.3 Å². The van der Waals surface area contributed by atoms with Gasteiger partial charge < -0.3 is 4.98 Å².